The van der Waals surface area contributed by atoms with Gasteiger partial charge in [-0.15, -0.1) is 0 Å². The van der Waals surface area contributed by atoms with Crippen LogP contribution in [0.15, 0.2) is 66.7 Å². The lowest BCUT2D eigenvalue weighted by atomic mass is 10.1. The van der Waals surface area contributed by atoms with E-state index < -0.39 is 6.10 Å². The first kappa shape index (κ1) is 21.4. The lowest BCUT2D eigenvalue weighted by Gasteiger charge is -2.19. The van der Waals surface area contributed by atoms with Gasteiger partial charge in [-0.25, -0.2) is 0 Å². The summed E-state index contributed by atoms with van der Waals surface area (Å²) in [5, 5.41) is 7.92. The van der Waals surface area contributed by atoms with Gasteiger partial charge >= 0.3 is 0 Å². The van der Waals surface area contributed by atoms with Crippen LogP contribution in [-0.4, -0.2) is 24.5 Å². The molecule has 0 saturated heterocycles. The number of amides is 2. The van der Waals surface area contributed by atoms with Crippen molar-refractivity contribution in [2.75, 3.05) is 11.9 Å². The van der Waals surface area contributed by atoms with E-state index in [1.54, 1.807) is 24.3 Å². The number of carbonyl (C=O) groups excluding carboxylic acids is 2. The van der Waals surface area contributed by atoms with Crippen molar-refractivity contribution in [1.29, 1.82) is 0 Å². The highest BCUT2D eigenvalue weighted by molar-refractivity contribution is 6.04. The van der Waals surface area contributed by atoms with Crippen molar-refractivity contribution in [1.82, 2.24) is 5.32 Å². The number of hydrogen-bond acceptors (Lipinski definition) is 3. The summed E-state index contributed by atoms with van der Waals surface area (Å²) in [6.07, 6.45) is -0.168. The zero-order chi connectivity index (χ0) is 21.5. The summed E-state index contributed by atoms with van der Waals surface area (Å²) in [6.45, 7) is 6.53. The van der Waals surface area contributed by atoms with Crippen molar-refractivity contribution in [3.8, 4) is 5.75 Å². The van der Waals surface area contributed by atoms with Crippen LogP contribution in [0, 0.1) is 5.92 Å². The van der Waals surface area contributed by atoms with E-state index in [9.17, 15) is 9.59 Å². The molecule has 0 bridgehead atoms. The Labute approximate surface area is 177 Å². The quantitative estimate of drug-likeness (QED) is 0.554. The molecule has 5 nitrogen and oxygen atoms in total. The molecule has 0 heterocycles. The number of fused-ring (bicyclic) bond motifs is 1. The molecular formula is C25H28N2O3. The second kappa shape index (κ2) is 9.92. The number of anilines is 1. The maximum absolute atomic E-state index is 12.9. The normalized spacial score (nSPS) is 11.9. The molecule has 5 heteroatoms. The van der Waals surface area contributed by atoms with Gasteiger partial charge < -0.3 is 15.4 Å². The lowest BCUT2D eigenvalue weighted by molar-refractivity contribution is -0.122. The number of ether oxygens (including phenoxy) is 1. The fourth-order valence-electron chi connectivity index (χ4n) is 3.12. The fraction of sp³-hybridized carbons (Fsp3) is 0.280. The number of benzene rings is 3. The van der Waals surface area contributed by atoms with Gasteiger partial charge in [0.15, 0.2) is 6.10 Å². The van der Waals surface area contributed by atoms with E-state index in [-0.39, 0.29) is 11.8 Å². The Balaban J connectivity index is 1.72. The molecule has 0 fully saturated rings. The third-order valence-electron chi connectivity index (χ3n) is 4.76. The van der Waals surface area contributed by atoms with E-state index >= 15 is 0 Å². The summed E-state index contributed by atoms with van der Waals surface area (Å²) in [6, 6.07) is 20.8. The van der Waals surface area contributed by atoms with E-state index in [0.29, 0.717) is 35.9 Å². The van der Waals surface area contributed by atoms with Crippen LogP contribution in [0.25, 0.3) is 10.8 Å². The molecule has 0 unspecified atom stereocenters. The predicted octanol–water partition coefficient (Wildman–Crippen LogP) is 5.02. The van der Waals surface area contributed by atoms with Crippen LogP contribution < -0.4 is 15.4 Å². The van der Waals surface area contributed by atoms with Crippen molar-refractivity contribution in [2.45, 2.75) is 33.3 Å². The average Bonchev–Trinajstić information content (AvgIpc) is 2.76. The Morgan fingerprint density at radius 3 is 2.37 bits per heavy atom. The molecule has 0 aromatic heterocycles. The third-order valence-corrected chi connectivity index (χ3v) is 4.76. The maximum Gasteiger partial charge on any atom is 0.265 e. The van der Waals surface area contributed by atoms with Crippen molar-refractivity contribution in [3.05, 3.63) is 72.3 Å². The second-order valence-electron chi connectivity index (χ2n) is 7.66. The predicted molar refractivity (Wildman–Crippen MR) is 121 cm³/mol. The largest absolute Gasteiger partial charge is 0.481 e. The minimum Gasteiger partial charge on any atom is -0.481 e. The van der Waals surface area contributed by atoms with E-state index in [2.05, 4.69) is 10.6 Å². The highest BCUT2D eigenvalue weighted by Gasteiger charge is 2.21. The summed E-state index contributed by atoms with van der Waals surface area (Å²) in [7, 11) is 0. The molecule has 3 aromatic rings. The SMILES string of the molecule is CC[C@H](Oc1ccc2ccccc2c1)C(=O)Nc1ccccc1C(=O)NCC(C)C. The minimum absolute atomic E-state index is 0.205. The highest BCUT2D eigenvalue weighted by Crippen LogP contribution is 2.23. The molecule has 0 aliphatic heterocycles. The van der Waals surface area contributed by atoms with E-state index in [0.717, 1.165) is 10.8 Å². The Morgan fingerprint density at radius 1 is 0.933 bits per heavy atom. The number of para-hydroxylation sites is 1. The van der Waals surface area contributed by atoms with Crippen LogP contribution in [0.5, 0.6) is 5.75 Å². The lowest BCUT2D eigenvalue weighted by Crippen LogP contribution is -2.34. The molecule has 30 heavy (non-hydrogen) atoms. The van der Waals surface area contributed by atoms with Crippen LogP contribution in [0.3, 0.4) is 0 Å². The van der Waals surface area contributed by atoms with Gasteiger partial charge in [0, 0.05) is 6.54 Å². The standard InChI is InChI=1S/C25H28N2O3/c1-4-23(30-20-14-13-18-9-5-6-10-19(18)15-20)25(29)27-22-12-8-7-11-21(22)24(28)26-16-17(2)3/h5-15,17,23H,4,16H2,1-3H3,(H,26,28)(H,27,29)/t23-/m0/s1. The molecule has 3 aromatic carbocycles. The summed E-state index contributed by atoms with van der Waals surface area (Å²) < 4.78 is 5.97. The van der Waals surface area contributed by atoms with Crippen molar-refractivity contribution < 1.29 is 14.3 Å². The second-order valence-corrected chi connectivity index (χ2v) is 7.66. The smallest absolute Gasteiger partial charge is 0.265 e. The third kappa shape index (κ3) is 5.38. The van der Waals surface area contributed by atoms with Crippen molar-refractivity contribution >= 4 is 28.3 Å². The molecule has 0 aliphatic rings. The Bertz CT molecular complexity index is 1030. The Kier molecular flexibility index (Phi) is 7.07. The Morgan fingerprint density at radius 2 is 1.63 bits per heavy atom. The molecule has 0 saturated carbocycles. The van der Waals surface area contributed by atoms with E-state index in [4.69, 9.17) is 4.74 Å². The van der Waals surface area contributed by atoms with Gasteiger partial charge in [0.1, 0.15) is 5.75 Å². The average molecular weight is 405 g/mol. The maximum atomic E-state index is 12.9. The molecule has 156 valence electrons. The summed E-state index contributed by atoms with van der Waals surface area (Å²) in [5.74, 6) is 0.493. The molecule has 2 amide bonds. The zero-order valence-corrected chi connectivity index (χ0v) is 17.6. The van der Waals surface area contributed by atoms with Gasteiger partial charge in [0.2, 0.25) is 0 Å². The Hall–Kier alpha value is -3.34. The van der Waals surface area contributed by atoms with Crippen molar-refractivity contribution in [3.63, 3.8) is 0 Å². The molecule has 3 rings (SSSR count). The topological polar surface area (TPSA) is 67.4 Å². The molecule has 0 aliphatic carbocycles. The fourth-order valence-corrected chi connectivity index (χ4v) is 3.12. The number of carbonyl (C=O) groups is 2. The first-order chi connectivity index (χ1) is 14.5. The van der Waals surface area contributed by atoms with Crippen LogP contribution in [-0.2, 0) is 4.79 Å². The van der Waals surface area contributed by atoms with Gasteiger partial charge in [-0.3, -0.25) is 9.59 Å². The number of hydrogen-bond donors (Lipinski definition) is 2. The molecule has 1 atom stereocenters. The van der Waals surface area contributed by atoms with Crippen LogP contribution in [0.1, 0.15) is 37.6 Å². The van der Waals surface area contributed by atoms with Crippen molar-refractivity contribution in [2.24, 2.45) is 5.92 Å². The van der Waals surface area contributed by atoms with E-state index in [1.807, 2.05) is 63.2 Å². The van der Waals surface area contributed by atoms with Gasteiger partial charge in [-0.2, -0.15) is 0 Å². The van der Waals surface area contributed by atoms with Gasteiger partial charge in [0.25, 0.3) is 11.8 Å². The monoisotopic (exact) mass is 404 g/mol. The van der Waals surface area contributed by atoms with E-state index in [1.165, 1.54) is 0 Å². The van der Waals surface area contributed by atoms with Crippen LogP contribution in [0.2, 0.25) is 0 Å². The molecular weight excluding hydrogens is 376 g/mol. The summed E-state index contributed by atoms with van der Waals surface area (Å²) >= 11 is 0. The number of nitrogens with one attached hydrogen (secondary N) is 2. The zero-order valence-electron chi connectivity index (χ0n) is 17.6. The molecule has 0 radical (unpaired) electrons. The minimum atomic E-state index is -0.669. The van der Waals surface area contributed by atoms with Crippen LogP contribution in [0.4, 0.5) is 5.69 Å². The molecule has 2 N–H and O–H groups in total. The van der Waals surface area contributed by atoms with Gasteiger partial charge in [0.05, 0.1) is 11.3 Å². The summed E-state index contributed by atoms with van der Waals surface area (Å²) in [4.78, 5) is 25.4. The first-order valence-corrected chi connectivity index (χ1v) is 10.3. The first-order valence-electron chi connectivity index (χ1n) is 10.3. The highest BCUT2D eigenvalue weighted by atomic mass is 16.5. The number of rotatable bonds is 8. The molecule has 0 spiro atoms. The van der Waals surface area contributed by atoms with Gasteiger partial charge in [-0.05, 0) is 47.4 Å². The summed E-state index contributed by atoms with van der Waals surface area (Å²) in [5.41, 5.74) is 0.913. The van der Waals surface area contributed by atoms with Crippen LogP contribution >= 0.6 is 0 Å². The van der Waals surface area contributed by atoms with Gasteiger partial charge in [-0.1, -0.05) is 63.2 Å².